The van der Waals surface area contributed by atoms with Crippen LogP contribution >= 0.6 is 0 Å². The van der Waals surface area contributed by atoms with Gasteiger partial charge in [0, 0.05) is 0 Å². The van der Waals surface area contributed by atoms with Crippen LogP contribution in [-0.4, -0.2) is 86.0 Å². The molecule has 5 fully saturated rings. The van der Waals surface area contributed by atoms with Crippen molar-refractivity contribution in [2.24, 2.45) is 56.7 Å². The number of aliphatic hydroxyl groups is 4. The summed E-state index contributed by atoms with van der Waals surface area (Å²) >= 11 is 0. The smallest absolute Gasteiger partial charge is 0.314 e. The number of fused-ring (bicyclic) bond motifs is 7. The van der Waals surface area contributed by atoms with Crippen LogP contribution in [0.15, 0.2) is 11.6 Å². The number of aliphatic hydroxyl groups excluding tert-OH is 4. The Labute approximate surface area is 272 Å². The summed E-state index contributed by atoms with van der Waals surface area (Å²) in [6, 6.07) is 0. The van der Waals surface area contributed by atoms with Gasteiger partial charge < -0.3 is 40.1 Å². The Morgan fingerprint density at radius 3 is 2.20 bits per heavy atom. The first-order valence-corrected chi connectivity index (χ1v) is 17.6. The summed E-state index contributed by atoms with van der Waals surface area (Å²) < 4.78 is 12.1. The molecule has 1 saturated heterocycles. The van der Waals surface area contributed by atoms with Crippen molar-refractivity contribution >= 4 is 11.9 Å². The van der Waals surface area contributed by atoms with Gasteiger partial charge in [-0.05, 0) is 104 Å². The fourth-order valence-corrected chi connectivity index (χ4v) is 12.6. The number of carboxylic acids is 2. The van der Waals surface area contributed by atoms with Crippen LogP contribution in [-0.2, 0) is 19.1 Å². The zero-order valence-electron chi connectivity index (χ0n) is 28.3. The summed E-state index contributed by atoms with van der Waals surface area (Å²) in [5.41, 5.74) is -2.32. The molecular weight excluding hydrogens is 592 g/mol. The normalized spacial score (nSPS) is 53.1. The number of rotatable bonds is 5. The Balaban J connectivity index is 1.34. The van der Waals surface area contributed by atoms with Crippen molar-refractivity contribution in [1.29, 1.82) is 0 Å². The molecule has 6 N–H and O–H groups in total. The highest BCUT2D eigenvalue weighted by atomic mass is 16.7. The molecule has 0 aromatic carbocycles. The molecule has 0 radical (unpaired) electrons. The van der Waals surface area contributed by atoms with Crippen LogP contribution < -0.4 is 0 Å². The third-order valence-corrected chi connectivity index (χ3v) is 15.3. The standard InChI is InChI=1S/C36H56O10/c1-18-9-14-35(30(41)42)15-16-36(31(43)44)20(25(35)19(18)2)7-8-23-33(5)12-11-24(32(3,4)22(33)10-13-34(23,36)6)46-29-28(40)27(39)26(38)21(17-37)45-29/h7,18-19,21-29,37-40H,8-17H2,1-6H3,(H,41,42)(H,43,44)/t18-,19-,21-,22+,23-,24+,25+,26-,27+,28-,29+,33+,34-,35+,36-/m1/s1. The maximum atomic E-state index is 13.8. The van der Waals surface area contributed by atoms with Crippen LogP contribution in [0.25, 0.3) is 0 Å². The summed E-state index contributed by atoms with van der Waals surface area (Å²) in [6.07, 6.45) is 0.942. The minimum Gasteiger partial charge on any atom is -0.481 e. The molecule has 1 heterocycles. The number of hydrogen-bond acceptors (Lipinski definition) is 8. The average Bonchev–Trinajstić information content (AvgIpc) is 2.99. The number of hydrogen-bond donors (Lipinski definition) is 6. The molecule has 0 amide bonds. The molecule has 10 nitrogen and oxygen atoms in total. The molecule has 5 aliphatic carbocycles. The maximum Gasteiger partial charge on any atom is 0.314 e. The minimum absolute atomic E-state index is 0.0692. The lowest BCUT2D eigenvalue weighted by atomic mass is 9.33. The van der Waals surface area contributed by atoms with Crippen LogP contribution in [0, 0.1) is 56.7 Å². The lowest BCUT2D eigenvalue weighted by molar-refractivity contribution is -0.330. The zero-order chi connectivity index (χ0) is 33.8. The van der Waals surface area contributed by atoms with E-state index in [0.717, 1.165) is 31.3 Å². The van der Waals surface area contributed by atoms with Crippen molar-refractivity contribution in [3.63, 3.8) is 0 Å². The van der Waals surface area contributed by atoms with Crippen molar-refractivity contribution in [3.8, 4) is 0 Å². The van der Waals surface area contributed by atoms with Gasteiger partial charge in [0.15, 0.2) is 6.29 Å². The lowest BCUT2D eigenvalue weighted by Gasteiger charge is -2.70. The van der Waals surface area contributed by atoms with Gasteiger partial charge in [-0.2, -0.15) is 0 Å². The highest BCUT2D eigenvalue weighted by Gasteiger charge is 2.73. The second kappa shape index (κ2) is 11.2. The fraction of sp³-hybridized carbons (Fsp3) is 0.889. The van der Waals surface area contributed by atoms with Crippen LogP contribution in [0.5, 0.6) is 0 Å². The van der Waals surface area contributed by atoms with E-state index in [1.807, 2.05) is 0 Å². The Morgan fingerprint density at radius 1 is 0.870 bits per heavy atom. The molecule has 4 saturated carbocycles. The molecule has 10 heteroatoms. The summed E-state index contributed by atoms with van der Waals surface area (Å²) in [5.74, 6) is -1.24. The second-order valence-electron chi connectivity index (χ2n) is 17.2. The van der Waals surface area contributed by atoms with Gasteiger partial charge in [-0.15, -0.1) is 0 Å². The Bertz CT molecular complexity index is 1260. The van der Waals surface area contributed by atoms with E-state index in [9.17, 15) is 40.2 Å². The predicted octanol–water partition coefficient (Wildman–Crippen LogP) is 3.98. The summed E-state index contributed by atoms with van der Waals surface area (Å²) in [5, 5.41) is 63.0. The highest BCUT2D eigenvalue weighted by Crippen LogP contribution is 2.76. The van der Waals surface area contributed by atoms with Gasteiger partial charge in [-0.25, -0.2) is 0 Å². The van der Waals surface area contributed by atoms with E-state index in [1.54, 1.807) is 0 Å². The van der Waals surface area contributed by atoms with Crippen LogP contribution in [0.4, 0.5) is 0 Å². The molecule has 6 rings (SSSR count). The number of carbonyl (C=O) groups is 2. The first kappa shape index (κ1) is 34.3. The number of carboxylic acid groups (broad SMARTS) is 2. The molecule has 6 aliphatic rings. The Morgan fingerprint density at radius 2 is 1.57 bits per heavy atom. The molecular formula is C36H56O10. The second-order valence-corrected chi connectivity index (χ2v) is 17.2. The van der Waals surface area contributed by atoms with Gasteiger partial charge in [-0.3, -0.25) is 9.59 Å². The Kier molecular flexibility index (Phi) is 8.38. The third-order valence-electron chi connectivity index (χ3n) is 15.3. The minimum atomic E-state index is -1.51. The van der Waals surface area contributed by atoms with E-state index in [1.165, 1.54) is 0 Å². The first-order valence-electron chi connectivity index (χ1n) is 17.6. The third kappa shape index (κ3) is 4.35. The zero-order valence-corrected chi connectivity index (χ0v) is 28.3. The molecule has 0 aromatic heterocycles. The number of allylic oxidation sites excluding steroid dienone is 1. The van der Waals surface area contributed by atoms with Gasteiger partial charge in [-0.1, -0.05) is 53.2 Å². The monoisotopic (exact) mass is 648 g/mol. The molecule has 1 aliphatic heterocycles. The van der Waals surface area contributed by atoms with E-state index in [0.29, 0.717) is 38.0 Å². The van der Waals surface area contributed by atoms with Gasteiger partial charge in [0.2, 0.25) is 0 Å². The topological polar surface area (TPSA) is 174 Å². The quantitative estimate of drug-likeness (QED) is 0.189. The maximum absolute atomic E-state index is 13.8. The van der Waals surface area contributed by atoms with Crippen molar-refractivity contribution in [1.82, 2.24) is 0 Å². The molecule has 260 valence electrons. The van der Waals surface area contributed by atoms with Gasteiger partial charge in [0.05, 0.1) is 23.5 Å². The van der Waals surface area contributed by atoms with Crippen molar-refractivity contribution in [2.75, 3.05) is 6.61 Å². The average molecular weight is 649 g/mol. The van der Waals surface area contributed by atoms with E-state index >= 15 is 0 Å². The largest absolute Gasteiger partial charge is 0.481 e. The highest BCUT2D eigenvalue weighted by molar-refractivity contribution is 5.84. The molecule has 46 heavy (non-hydrogen) atoms. The fourth-order valence-electron chi connectivity index (χ4n) is 12.6. The molecule has 0 spiro atoms. The predicted molar refractivity (Wildman–Crippen MR) is 167 cm³/mol. The van der Waals surface area contributed by atoms with Crippen LogP contribution in [0.1, 0.15) is 99.3 Å². The van der Waals surface area contributed by atoms with Gasteiger partial charge in [0.1, 0.15) is 24.4 Å². The Hall–Kier alpha value is -1.56. The summed E-state index contributed by atoms with van der Waals surface area (Å²) in [6.45, 7) is 12.6. The van der Waals surface area contributed by atoms with Gasteiger partial charge >= 0.3 is 11.9 Å². The molecule has 0 bridgehead atoms. The van der Waals surface area contributed by atoms with Crippen molar-refractivity contribution in [3.05, 3.63) is 11.6 Å². The van der Waals surface area contributed by atoms with Gasteiger partial charge in [0.25, 0.3) is 0 Å². The van der Waals surface area contributed by atoms with E-state index < -0.39 is 70.9 Å². The molecule has 0 aromatic rings. The molecule has 0 unspecified atom stereocenters. The summed E-state index contributed by atoms with van der Waals surface area (Å²) in [7, 11) is 0. The van der Waals surface area contributed by atoms with E-state index in [4.69, 9.17) is 9.47 Å². The van der Waals surface area contributed by atoms with E-state index in [2.05, 4.69) is 47.6 Å². The lowest BCUT2D eigenvalue weighted by Crippen LogP contribution is -2.68. The van der Waals surface area contributed by atoms with Crippen molar-refractivity contribution in [2.45, 2.75) is 136 Å². The van der Waals surface area contributed by atoms with Crippen LogP contribution in [0.3, 0.4) is 0 Å². The molecule has 15 atom stereocenters. The SMILES string of the molecule is C[C@@H]1[C@H](C)CC[C@]2(C(=O)O)CC[C@]3(C(=O)O)C(=CC[C@@H]4[C@@]5(C)CC[C@H](O[C@@H]6O[C@H](CO)[C@@H](O)[C@H](O)[C@H]6O)C(C)(C)[C@@H]5CC[C@]43C)[C@H]12. The van der Waals surface area contributed by atoms with E-state index in [-0.39, 0.29) is 35.2 Å². The van der Waals surface area contributed by atoms with Crippen molar-refractivity contribution < 1.29 is 49.7 Å². The number of ether oxygens (including phenoxy) is 2. The van der Waals surface area contributed by atoms with Crippen LogP contribution in [0.2, 0.25) is 0 Å². The summed E-state index contributed by atoms with van der Waals surface area (Å²) in [4.78, 5) is 26.8. The first-order chi connectivity index (χ1) is 21.4. The number of aliphatic carboxylic acids is 2.